The Morgan fingerprint density at radius 1 is 1.09 bits per heavy atom. The van der Waals surface area contributed by atoms with Gasteiger partial charge in [-0.25, -0.2) is 17.8 Å². The van der Waals surface area contributed by atoms with Crippen LogP contribution in [0.3, 0.4) is 0 Å². The van der Waals surface area contributed by atoms with Crippen LogP contribution in [0.2, 0.25) is 0 Å². The minimum absolute atomic E-state index is 0.0235. The molecule has 12 heteroatoms. The molecular formula is C31H33FN6O4S. The molecule has 2 aliphatic heterocycles. The second-order valence-electron chi connectivity index (χ2n) is 11.4. The van der Waals surface area contributed by atoms with Crippen molar-refractivity contribution in [3.8, 4) is 17.0 Å². The molecule has 0 bridgehead atoms. The van der Waals surface area contributed by atoms with Crippen molar-refractivity contribution >= 4 is 43.9 Å². The van der Waals surface area contributed by atoms with E-state index in [1.165, 1.54) is 18.3 Å². The third-order valence-corrected chi connectivity index (χ3v) is 8.48. The standard InChI is InChI=1S/C31H33FN6O4S/c1-19(2)33-10-11-42-29-26(36-43(4,40)41)12-20(15-35-29)22-13-23-25(14-24(22)32)34-16-27-28(23)31(30(39)37(27)3)17-38(18-31)21-8-6-5-7-9-21/h5-9,12-16,19,33,36H,10-11,17-18H2,1-4H3. The van der Waals surface area contributed by atoms with E-state index < -0.39 is 21.3 Å². The van der Waals surface area contributed by atoms with Gasteiger partial charge in [0.25, 0.3) is 0 Å². The summed E-state index contributed by atoms with van der Waals surface area (Å²) in [4.78, 5) is 26.3. The van der Waals surface area contributed by atoms with Crippen molar-refractivity contribution in [3.05, 3.63) is 72.3 Å². The summed E-state index contributed by atoms with van der Waals surface area (Å²) < 4.78 is 48.2. The zero-order valence-corrected chi connectivity index (χ0v) is 25.2. The molecule has 1 saturated heterocycles. The number of halogens is 1. The van der Waals surface area contributed by atoms with Gasteiger partial charge in [-0.3, -0.25) is 14.5 Å². The number of likely N-dealkylation sites (N-methyl/N-ethyl adjacent to an activating group) is 1. The molecule has 0 unspecified atom stereocenters. The lowest BCUT2D eigenvalue weighted by molar-refractivity contribution is -0.123. The van der Waals surface area contributed by atoms with Crippen LogP contribution < -0.4 is 24.6 Å². The Kier molecular flexibility index (Phi) is 7.21. The lowest BCUT2D eigenvalue weighted by Crippen LogP contribution is -2.64. The highest BCUT2D eigenvalue weighted by Gasteiger charge is 2.58. The van der Waals surface area contributed by atoms with Crippen LogP contribution in [0.25, 0.3) is 22.0 Å². The topological polar surface area (TPSA) is 117 Å². The van der Waals surface area contributed by atoms with Crippen molar-refractivity contribution in [1.82, 2.24) is 15.3 Å². The zero-order valence-electron chi connectivity index (χ0n) is 24.4. The van der Waals surface area contributed by atoms with Crippen molar-refractivity contribution in [2.45, 2.75) is 25.3 Å². The van der Waals surface area contributed by atoms with Gasteiger partial charge in [-0.2, -0.15) is 0 Å². The highest BCUT2D eigenvalue weighted by molar-refractivity contribution is 7.92. The molecule has 0 radical (unpaired) electrons. The second kappa shape index (κ2) is 10.8. The van der Waals surface area contributed by atoms with Crippen LogP contribution >= 0.6 is 0 Å². The van der Waals surface area contributed by atoms with Crippen molar-refractivity contribution < 1.29 is 22.3 Å². The number of benzene rings is 2. The van der Waals surface area contributed by atoms with E-state index in [0.717, 1.165) is 17.5 Å². The summed E-state index contributed by atoms with van der Waals surface area (Å²) in [6.07, 6.45) is 4.11. The van der Waals surface area contributed by atoms with E-state index in [2.05, 4.69) is 24.9 Å². The van der Waals surface area contributed by atoms with Gasteiger partial charge in [0.2, 0.25) is 21.8 Å². The van der Waals surface area contributed by atoms with E-state index in [0.29, 0.717) is 41.8 Å². The fourth-order valence-corrected chi connectivity index (χ4v) is 6.47. The molecule has 6 rings (SSSR count). The van der Waals surface area contributed by atoms with E-state index in [1.54, 1.807) is 24.2 Å². The molecule has 2 aromatic carbocycles. The molecule has 0 atom stereocenters. The molecule has 4 aromatic rings. The minimum atomic E-state index is -3.68. The molecule has 1 amide bonds. The average molecular weight is 605 g/mol. The normalized spacial score (nSPS) is 15.7. The summed E-state index contributed by atoms with van der Waals surface area (Å²) in [5, 5.41) is 3.89. The van der Waals surface area contributed by atoms with Gasteiger partial charge in [-0.15, -0.1) is 0 Å². The Labute approximate surface area is 249 Å². The molecule has 2 N–H and O–H groups in total. The van der Waals surface area contributed by atoms with Gasteiger partial charge in [0.15, 0.2) is 0 Å². The van der Waals surface area contributed by atoms with Crippen LogP contribution in [0.1, 0.15) is 19.4 Å². The van der Waals surface area contributed by atoms with Crippen LogP contribution in [0.5, 0.6) is 5.88 Å². The largest absolute Gasteiger partial charge is 0.475 e. The van der Waals surface area contributed by atoms with Gasteiger partial charge in [0.05, 0.1) is 23.7 Å². The summed E-state index contributed by atoms with van der Waals surface area (Å²) in [7, 11) is -1.95. The van der Waals surface area contributed by atoms with Crippen LogP contribution in [0.15, 0.2) is 60.9 Å². The smallest absolute Gasteiger partial charge is 0.241 e. The summed E-state index contributed by atoms with van der Waals surface area (Å²) in [5.41, 5.74) is 2.83. The third kappa shape index (κ3) is 5.25. The number of carbonyl (C=O) groups excluding carboxylic acids is 1. The summed E-state index contributed by atoms with van der Waals surface area (Å²) in [5.74, 6) is -0.483. The second-order valence-corrected chi connectivity index (χ2v) is 13.2. The van der Waals surface area contributed by atoms with E-state index in [1.807, 2.05) is 44.2 Å². The quantitative estimate of drug-likeness (QED) is 0.276. The lowest BCUT2D eigenvalue weighted by Gasteiger charge is -2.48. The van der Waals surface area contributed by atoms with E-state index in [-0.39, 0.29) is 35.7 Å². The van der Waals surface area contributed by atoms with Crippen LogP contribution in [-0.4, -0.2) is 69.9 Å². The van der Waals surface area contributed by atoms with Crippen molar-refractivity contribution in [2.24, 2.45) is 0 Å². The van der Waals surface area contributed by atoms with Crippen molar-refractivity contribution in [1.29, 1.82) is 0 Å². The average Bonchev–Trinajstić information content (AvgIpc) is 3.16. The number of carbonyl (C=O) groups is 1. The molecule has 10 nitrogen and oxygen atoms in total. The number of hydrogen-bond donors (Lipinski definition) is 2. The van der Waals surface area contributed by atoms with Gasteiger partial charge < -0.3 is 19.9 Å². The third-order valence-electron chi connectivity index (χ3n) is 7.88. The molecule has 2 aromatic heterocycles. The number of fused-ring (bicyclic) bond motifs is 4. The number of nitrogens with one attached hydrogen (secondary N) is 2. The number of rotatable bonds is 9. The fraction of sp³-hybridized carbons (Fsp3) is 0.323. The maximum absolute atomic E-state index is 15.6. The number of pyridine rings is 2. The molecule has 224 valence electrons. The summed E-state index contributed by atoms with van der Waals surface area (Å²) in [6, 6.07) is 14.7. The van der Waals surface area contributed by atoms with Gasteiger partial charge in [-0.1, -0.05) is 32.0 Å². The van der Waals surface area contributed by atoms with E-state index in [4.69, 9.17) is 4.74 Å². The maximum Gasteiger partial charge on any atom is 0.241 e. The first-order valence-corrected chi connectivity index (χ1v) is 15.9. The van der Waals surface area contributed by atoms with Crippen LogP contribution in [0, 0.1) is 5.82 Å². The number of amides is 1. The van der Waals surface area contributed by atoms with Crippen molar-refractivity contribution in [3.63, 3.8) is 0 Å². The highest BCUT2D eigenvalue weighted by atomic mass is 32.2. The SMILES string of the molecule is CC(C)NCCOc1ncc(-c2cc3c4c(cnc3cc2F)N(C)C(=O)C42CN(c3ccccc3)C2)cc1NS(C)(=O)=O. The van der Waals surface area contributed by atoms with Crippen LogP contribution in [0.4, 0.5) is 21.5 Å². The summed E-state index contributed by atoms with van der Waals surface area (Å²) >= 11 is 0. The number of hydrogen-bond acceptors (Lipinski definition) is 8. The Hall–Kier alpha value is -4.29. The molecular weight excluding hydrogens is 571 g/mol. The lowest BCUT2D eigenvalue weighted by atomic mass is 9.73. The number of nitrogens with zero attached hydrogens (tertiary/aromatic N) is 4. The maximum atomic E-state index is 15.6. The predicted molar refractivity (Wildman–Crippen MR) is 166 cm³/mol. The monoisotopic (exact) mass is 604 g/mol. The first kappa shape index (κ1) is 28.8. The first-order chi connectivity index (χ1) is 20.5. The number of sulfonamides is 1. The molecule has 1 fully saturated rings. The summed E-state index contributed by atoms with van der Waals surface area (Å²) in [6.45, 7) is 5.78. The van der Waals surface area contributed by atoms with Gasteiger partial charge in [-0.05, 0) is 24.3 Å². The first-order valence-electron chi connectivity index (χ1n) is 14.0. The Morgan fingerprint density at radius 3 is 2.53 bits per heavy atom. The number of anilines is 3. The zero-order chi connectivity index (χ0) is 30.5. The molecule has 4 heterocycles. The molecule has 43 heavy (non-hydrogen) atoms. The molecule has 1 spiro atoms. The van der Waals surface area contributed by atoms with Crippen molar-refractivity contribution in [2.75, 3.05) is 54.1 Å². The molecule has 0 saturated carbocycles. The highest BCUT2D eigenvalue weighted by Crippen LogP contribution is 2.51. The van der Waals surface area contributed by atoms with Crippen LogP contribution in [-0.2, 0) is 20.2 Å². The predicted octanol–water partition coefficient (Wildman–Crippen LogP) is 3.92. The molecule has 2 aliphatic rings. The van der Waals surface area contributed by atoms with E-state index in [9.17, 15) is 13.2 Å². The number of aromatic nitrogens is 2. The Bertz CT molecular complexity index is 1830. The number of ether oxygens (including phenoxy) is 1. The Balaban J connectivity index is 1.41. The van der Waals surface area contributed by atoms with Gasteiger partial charge in [0.1, 0.15) is 23.5 Å². The Morgan fingerprint density at radius 2 is 1.84 bits per heavy atom. The van der Waals surface area contributed by atoms with Gasteiger partial charge in [0, 0.05) is 72.8 Å². The van der Waals surface area contributed by atoms with Gasteiger partial charge >= 0.3 is 0 Å². The number of para-hydroxylation sites is 1. The minimum Gasteiger partial charge on any atom is -0.475 e. The van der Waals surface area contributed by atoms with E-state index >= 15 is 4.39 Å². The molecule has 0 aliphatic carbocycles. The fourth-order valence-electron chi connectivity index (χ4n) is 5.92.